The van der Waals surface area contributed by atoms with Crippen LogP contribution >= 0.6 is 24.8 Å². The Labute approximate surface area is 158 Å². The summed E-state index contributed by atoms with van der Waals surface area (Å²) in [6.45, 7) is 5.51. The first-order valence-electron chi connectivity index (χ1n) is 7.31. The summed E-state index contributed by atoms with van der Waals surface area (Å²) in [5, 5.41) is 3.19. The Morgan fingerprint density at radius 2 is 1.80 bits per heavy atom. The van der Waals surface area contributed by atoms with E-state index in [4.69, 9.17) is 0 Å². The highest BCUT2D eigenvalue weighted by molar-refractivity contribution is 7.89. The van der Waals surface area contributed by atoms with E-state index in [0.717, 1.165) is 32.2 Å². The van der Waals surface area contributed by atoms with Gasteiger partial charge in [0.2, 0.25) is 10.0 Å². The monoisotopic (exact) mass is 423 g/mol. The SMILES string of the molecule is Cc1ccc(C(F)(F)F)cc1S(=O)(=O)NCCN1CCNCC1.Cl.Cl. The zero-order valence-corrected chi connectivity index (χ0v) is 16.0. The fraction of sp³-hybridized carbons (Fsp3) is 0.571. The molecule has 146 valence electrons. The molecule has 5 nitrogen and oxygen atoms in total. The fourth-order valence-electron chi connectivity index (χ4n) is 2.42. The molecule has 1 aromatic carbocycles. The van der Waals surface area contributed by atoms with Gasteiger partial charge in [0.25, 0.3) is 0 Å². The molecule has 2 N–H and O–H groups in total. The topological polar surface area (TPSA) is 61.4 Å². The van der Waals surface area contributed by atoms with E-state index in [9.17, 15) is 21.6 Å². The molecule has 11 heteroatoms. The average Bonchev–Trinajstić information content (AvgIpc) is 2.47. The van der Waals surface area contributed by atoms with E-state index in [1.807, 2.05) is 0 Å². The van der Waals surface area contributed by atoms with Crippen LogP contribution in [0.5, 0.6) is 0 Å². The zero-order chi connectivity index (χ0) is 17.1. The molecule has 1 aliphatic heterocycles. The highest BCUT2D eigenvalue weighted by Crippen LogP contribution is 2.31. The van der Waals surface area contributed by atoms with Crippen molar-refractivity contribution in [2.24, 2.45) is 0 Å². The minimum Gasteiger partial charge on any atom is -0.314 e. The minimum atomic E-state index is -4.57. The third kappa shape index (κ3) is 6.92. The summed E-state index contributed by atoms with van der Waals surface area (Å²) >= 11 is 0. The van der Waals surface area contributed by atoms with Crippen molar-refractivity contribution in [1.29, 1.82) is 0 Å². The predicted molar refractivity (Wildman–Crippen MR) is 95.2 cm³/mol. The van der Waals surface area contributed by atoms with Gasteiger partial charge in [-0.3, -0.25) is 4.90 Å². The molecule has 0 radical (unpaired) electrons. The molecule has 2 rings (SSSR count). The van der Waals surface area contributed by atoms with E-state index in [-0.39, 0.29) is 41.8 Å². The Hall–Kier alpha value is -0.580. The number of benzene rings is 1. The van der Waals surface area contributed by atoms with Gasteiger partial charge < -0.3 is 5.32 Å². The van der Waals surface area contributed by atoms with E-state index >= 15 is 0 Å². The summed E-state index contributed by atoms with van der Waals surface area (Å²) in [7, 11) is -3.97. The Bertz CT molecular complexity index is 651. The number of alkyl halides is 3. The van der Waals surface area contributed by atoms with E-state index in [0.29, 0.717) is 12.6 Å². The first kappa shape index (κ1) is 24.4. The van der Waals surface area contributed by atoms with Crippen LogP contribution in [0.1, 0.15) is 11.1 Å². The van der Waals surface area contributed by atoms with Crippen LogP contribution in [0.15, 0.2) is 23.1 Å². The van der Waals surface area contributed by atoms with Crippen LogP contribution in [0.4, 0.5) is 13.2 Å². The Balaban J connectivity index is 0.00000288. The molecule has 1 saturated heterocycles. The lowest BCUT2D eigenvalue weighted by Crippen LogP contribution is -2.46. The molecule has 0 aromatic heterocycles. The number of aryl methyl sites for hydroxylation is 1. The number of halogens is 5. The number of sulfonamides is 1. The fourth-order valence-corrected chi connectivity index (χ4v) is 3.71. The highest BCUT2D eigenvalue weighted by Gasteiger charge is 2.32. The maximum absolute atomic E-state index is 12.8. The van der Waals surface area contributed by atoms with Gasteiger partial charge in [0, 0.05) is 39.3 Å². The molecule has 25 heavy (non-hydrogen) atoms. The summed E-state index contributed by atoms with van der Waals surface area (Å²) in [5.74, 6) is 0. The van der Waals surface area contributed by atoms with Crippen LogP contribution in [0.3, 0.4) is 0 Å². The largest absolute Gasteiger partial charge is 0.416 e. The molecule has 0 atom stereocenters. The van der Waals surface area contributed by atoms with E-state index < -0.39 is 21.8 Å². The smallest absolute Gasteiger partial charge is 0.314 e. The lowest BCUT2D eigenvalue weighted by molar-refractivity contribution is -0.137. The maximum Gasteiger partial charge on any atom is 0.416 e. The van der Waals surface area contributed by atoms with Crippen molar-refractivity contribution < 1.29 is 21.6 Å². The molecule has 0 amide bonds. The highest BCUT2D eigenvalue weighted by atomic mass is 35.5. The lowest BCUT2D eigenvalue weighted by atomic mass is 10.1. The van der Waals surface area contributed by atoms with Crippen molar-refractivity contribution in [3.05, 3.63) is 29.3 Å². The third-order valence-electron chi connectivity index (χ3n) is 3.73. The number of rotatable bonds is 5. The predicted octanol–water partition coefficient (Wildman–Crippen LogP) is 2.04. The third-order valence-corrected chi connectivity index (χ3v) is 5.34. The van der Waals surface area contributed by atoms with Crippen molar-refractivity contribution in [3.8, 4) is 0 Å². The number of nitrogens with one attached hydrogen (secondary N) is 2. The standard InChI is InChI=1S/C14H20F3N3O2S.2ClH/c1-11-2-3-12(14(15,16)17)10-13(11)23(21,22)19-6-9-20-7-4-18-5-8-20;;/h2-3,10,18-19H,4-9H2,1H3;2*1H. The molecular formula is C14H22Cl2F3N3O2S. The van der Waals surface area contributed by atoms with Crippen molar-refractivity contribution in [3.63, 3.8) is 0 Å². The van der Waals surface area contributed by atoms with Crippen molar-refractivity contribution in [2.75, 3.05) is 39.3 Å². The average molecular weight is 424 g/mol. The molecule has 1 fully saturated rings. The van der Waals surface area contributed by atoms with Crippen molar-refractivity contribution >= 4 is 34.8 Å². The summed E-state index contributed by atoms with van der Waals surface area (Å²) < 4.78 is 65.2. The molecule has 1 aliphatic rings. The van der Waals surface area contributed by atoms with Crippen molar-refractivity contribution in [1.82, 2.24) is 14.9 Å². The number of piperazine rings is 1. The zero-order valence-electron chi connectivity index (χ0n) is 13.6. The van der Waals surface area contributed by atoms with E-state index in [2.05, 4.69) is 14.9 Å². The van der Waals surface area contributed by atoms with Crippen LogP contribution in [0.2, 0.25) is 0 Å². The normalized spacial score (nSPS) is 16.0. The van der Waals surface area contributed by atoms with Gasteiger partial charge in [-0.1, -0.05) is 6.07 Å². The summed E-state index contributed by atoms with van der Waals surface area (Å²) in [6, 6.07) is 2.74. The lowest BCUT2D eigenvalue weighted by Gasteiger charge is -2.27. The van der Waals surface area contributed by atoms with E-state index in [1.165, 1.54) is 13.0 Å². The number of nitrogens with zero attached hydrogens (tertiary/aromatic N) is 1. The van der Waals surface area contributed by atoms with Crippen LogP contribution in [-0.2, 0) is 16.2 Å². The summed E-state index contributed by atoms with van der Waals surface area (Å²) in [4.78, 5) is 1.77. The molecule has 0 aliphatic carbocycles. The van der Waals surface area contributed by atoms with Gasteiger partial charge in [-0.05, 0) is 24.6 Å². The van der Waals surface area contributed by atoms with Gasteiger partial charge >= 0.3 is 6.18 Å². The van der Waals surface area contributed by atoms with Gasteiger partial charge in [-0.25, -0.2) is 13.1 Å². The van der Waals surface area contributed by atoms with E-state index in [1.54, 1.807) is 0 Å². The van der Waals surface area contributed by atoms with Crippen LogP contribution in [0, 0.1) is 6.92 Å². The van der Waals surface area contributed by atoms with Gasteiger partial charge in [-0.2, -0.15) is 13.2 Å². The number of hydrogen-bond donors (Lipinski definition) is 2. The molecule has 0 spiro atoms. The van der Waals surface area contributed by atoms with Gasteiger partial charge in [-0.15, -0.1) is 24.8 Å². The van der Waals surface area contributed by atoms with Gasteiger partial charge in [0.15, 0.2) is 0 Å². The van der Waals surface area contributed by atoms with Crippen LogP contribution < -0.4 is 10.0 Å². The van der Waals surface area contributed by atoms with Crippen LogP contribution in [0.25, 0.3) is 0 Å². The second-order valence-corrected chi connectivity index (χ2v) is 7.20. The Morgan fingerprint density at radius 3 is 2.36 bits per heavy atom. The first-order chi connectivity index (χ1) is 10.7. The maximum atomic E-state index is 12.8. The first-order valence-corrected chi connectivity index (χ1v) is 8.79. The molecule has 0 bridgehead atoms. The molecule has 1 heterocycles. The second-order valence-electron chi connectivity index (χ2n) is 5.47. The van der Waals surface area contributed by atoms with Gasteiger partial charge in [0.1, 0.15) is 0 Å². The molecular weight excluding hydrogens is 402 g/mol. The second kappa shape index (κ2) is 9.94. The molecule has 1 aromatic rings. The molecule has 0 unspecified atom stereocenters. The summed E-state index contributed by atoms with van der Waals surface area (Å²) in [5.41, 5.74) is -0.682. The summed E-state index contributed by atoms with van der Waals surface area (Å²) in [6.07, 6.45) is -4.57. The quantitative estimate of drug-likeness (QED) is 0.760. The Morgan fingerprint density at radius 1 is 1.20 bits per heavy atom. The van der Waals surface area contributed by atoms with Crippen molar-refractivity contribution in [2.45, 2.75) is 18.0 Å². The van der Waals surface area contributed by atoms with Crippen LogP contribution in [-0.4, -0.2) is 52.6 Å². The minimum absolute atomic E-state index is 0. The molecule has 0 saturated carbocycles. The Kier molecular flexibility index (Phi) is 9.71. The number of hydrogen-bond acceptors (Lipinski definition) is 4. The van der Waals surface area contributed by atoms with Gasteiger partial charge in [0.05, 0.1) is 10.5 Å².